The molecule has 21 heavy (non-hydrogen) atoms. The number of nitrogens with zero attached hydrogens (tertiary/aromatic N) is 2. The van der Waals surface area contributed by atoms with Crippen LogP contribution in [0.1, 0.15) is 23.2 Å². The van der Waals surface area contributed by atoms with Crippen LogP contribution in [-0.4, -0.2) is 37.5 Å². The van der Waals surface area contributed by atoms with Crippen molar-refractivity contribution in [3.05, 3.63) is 33.9 Å². The number of piperidine rings is 1. The van der Waals surface area contributed by atoms with Crippen molar-refractivity contribution in [1.82, 2.24) is 5.32 Å². The zero-order chi connectivity index (χ0) is 15.4. The maximum absolute atomic E-state index is 11.7. The molecule has 0 saturated carbocycles. The van der Waals surface area contributed by atoms with Crippen LogP contribution in [-0.2, 0) is 0 Å². The number of hydrogen-bond acceptors (Lipinski definition) is 5. The number of anilines is 1. The lowest BCUT2D eigenvalue weighted by atomic mass is 9.96. The third-order valence-corrected chi connectivity index (χ3v) is 3.95. The molecule has 1 saturated heterocycles. The molecular weight excluding hydrogens is 272 g/mol. The minimum Gasteiger partial charge on any atom is -0.366 e. The highest BCUT2D eigenvalue weighted by Gasteiger charge is 2.25. The van der Waals surface area contributed by atoms with Gasteiger partial charge in [-0.2, -0.15) is 0 Å². The van der Waals surface area contributed by atoms with Crippen molar-refractivity contribution in [1.29, 1.82) is 0 Å². The molecule has 0 bridgehead atoms. The topological polar surface area (TPSA) is 101 Å². The van der Waals surface area contributed by atoms with E-state index in [0.717, 1.165) is 25.9 Å². The molecule has 1 amide bonds. The normalized spacial score (nSPS) is 15.8. The molecule has 1 aliphatic heterocycles. The van der Waals surface area contributed by atoms with Gasteiger partial charge in [-0.15, -0.1) is 0 Å². The summed E-state index contributed by atoms with van der Waals surface area (Å²) in [5.74, 6) is 0.227. The van der Waals surface area contributed by atoms with Gasteiger partial charge in [-0.3, -0.25) is 14.9 Å². The molecule has 1 heterocycles. The number of nitrogens with one attached hydrogen (secondary N) is 1. The van der Waals surface area contributed by atoms with Crippen molar-refractivity contribution in [3.8, 4) is 0 Å². The quantitative estimate of drug-likeness (QED) is 0.640. The summed E-state index contributed by atoms with van der Waals surface area (Å²) in [6, 6.07) is 4.47. The SMILES string of the molecule is CNC(=O)c1ccc([N+](=O)[O-])c(N2CCC(CN)CC2)c1. The third kappa shape index (κ3) is 3.30. The van der Waals surface area contributed by atoms with Crippen molar-refractivity contribution >= 4 is 17.3 Å². The highest BCUT2D eigenvalue weighted by Crippen LogP contribution is 2.32. The molecule has 7 nitrogen and oxygen atoms in total. The number of nitro groups is 1. The second-order valence-electron chi connectivity index (χ2n) is 5.21. The predicted octanol–water partition coefficient (Wildman–Crippen LogP) is 1.13. The molecule has 1 fully saturated rings. The summed E-state index contributed by atoms with van der Waals surface area (Å²) in [6.07, 6.45) is 1.83. The Hall–Kier alpha value is -2.15. The second kappa shape index (κ2) is 6.53. The summed E-state index contributed by atoms with van der Waals surface area (Å²) < 4.78 is 0. The third-order valence-electron chi connectivity index (χ3n) is 3.95. The molecule has 0 aromatic heterocycles. The largest absolute Gasteiger partial charge is 0.366 e. The molecule has 114 valence electrons. The van der Waals surface area contributed by atoms with E-state index in [2.05, 4.69) is 5.32 Å². The average molecular weight is 292 g/mol. The predicted molar refractivity (Wildman–Crippen MR) is 80.5 cm³/mol. The van der Waals surface area contributed by atoms with Gasteiger partial charge >= 0.3 is 0 Å². The monoisotopic (exact) mass is 292 g/mol. The molecular formula is C14H20N4O3. The number of nitro benzene ring substituents is 1. The van der Waals surface area contributed by atoms with E-state index in [4.69, 9.17) is 5.73 Å². The van der Waals surface area contributed by atoms with E-state index in [0.29, 0.717) is 23.7 Å². The average Bonchev–Trinajstić information content (AvgIpc) is 2.53. The molecule has 1 aromatic rings. The van der Waals surface area contributed by atoms with Gasteiger partial charge in [0.2, 0.25) is 0 Å². The second-order valence-corrected chi connectivity index (χ2v) is 5.21. The highest BCUT2D eigenvalue weighted by atomic mass is 16.6. The Kier molecular flexibility index (Phi) is 4.74. The summed E-state index contributed by atoms with van der Waals surface area (Å²) in [5.41, 5.74) is 6.64. The molecule has 7 heteroatoms. The first-order valence-electron chi connectivity index (χ1n) is 7.02. The number of benzene rings is 1. The van der Waals surface area contributed by atoms with Crippen LogP contribution >= 0.6 is 0 Å². The van der Waals surface area contributed by atoms with Gasteiger partial charge in [0.15, 0.2) is 0 Å². The van der Waals surface area contributed by atoms with Gasteiger partial charge in [-0.25, -0.2) is 0 Å². The van der Waals surface area contributed by atoms with E-state index >= 15 is 0 Å². The Balaban J connectivity index is 2.31. The molecule has 1 aliphatic rings. The number of rotatable bonds is 4. The maximum Gasteiger partial charge on any atom is 0.292 e. The van der Waals surface area contributed by atoms with Gasteiger partial charge in [0.1, 0.15) is 5.69 Å². The summed E-state index contributed by atoms with van der Waals surface area (Å²) in [5, 5.41) is 13.7. The Bertz CT molecular complexity index is 539. The molecule has 0 spiro atoms. The molecule has 0 aliphatic carbocycles. The van der Waals surface area contributed by atoms with Crippen molar-refractivity contribution < 1.29 is 9.72 Å². The summed E-state index contributed by atoms with van der Waals surface area (Å²) in [4.78, 5) is 24.5. The molecule has 2 rings (SSSR count). The van der Waals surface area contributed by atoms with Gasteiger partial charge < -0.3 is 16.0 Å². The van der Waals surface area contributed by atoms with Crippen molar-refractivity contribution in [2.75, 3.05) is 31.6 Å². The molecule has 3 N–H and O–H groups in total. The van der Waals surface area contributed by atoms with Gasteiger partial charge in [0.25, 0.3) is 11.6 Å². The number of carbonyl (C=O) groups is 1. The molecule has 1 aromatic carbocycles. The minimum absolute atomic E-state index is 0.0360. The van der Waals surface area contributed by atoms with E-state index in [9.17, 15) is 14.9 Å². The zero-order valence-corrected chi connectivity index (χ0v) is 12.0. The van der Waals surface area contributed by atoms with Crippen LogP contribution in [0, 0.1) is 16.0 Å². The molecule has 0 unspecified atom stereocenters. The summed E-state index contributed by atoms with van der Waals surface area (Å²) in [7, 11) is 1.54. The summed E-state index contributed by atoms with van der Waals surface area (Å²) in [6.45, 7) is 2.09. The van der Waals surface area contributed by atoms with E-state index < -0.39 is 4.92 Å². The lowest BCUT2D eigenvalue weighted by Crippen LogP contribution is -2.36. The first kappa shape index (κ1) is 15.2. The minimum atomic E-state index is -0.405. The van der Waals surface area contributed by atoms with Crippen molar-refractivity contribution in [2.24, 2.45) is 11.7 Å². The van der Waals surface area contributed by atoms with E-state index in [1.165, 1.54) is 19.2 Å². The Morgan fingerprint density at radius 2 is 2.14 bits per heavy atom. The number of hydrogen-bond donors (Lipinski definition) is 2. The zero-order valence-electron chi connectivity index (χ0n) is 12.0. The van der Waals surface area contributed by atoms with Crippen LogP contribution in [0.5, 0.6) is 0 Å². The van der Waals surface area contributed by atoms with Gasteiger partial charge in [0.05, 0.1) is 4.92 Å². The van der Waals surface area contributed by atoms with E-state index in [1.807, 2.05) is 4.90 Å². The van der Waals surface area contributed by atoms with Gasteiger partial charge in [0, 0.05) is 31.8 Å². The van der Waals surface area contributed by atoms with Gasteiger partial charge in [-0.05, 0) is 37.4 Å². The Morgan fingerprint density at radius 1 is 1.48 bits per heavy atom. The number of carbonyl (C=O) groups excluding carboxylic acids is 1. The first-order chi connectivity index (χ1) is 10.1. The van der Waals surface area contributed by atoms with Crippen molar-refractivity contribution in [2.45, 2.75) is 12.8 Å². The Morgan fingerprint density at radius 3 is 2.67 bits per heavy atom. The molecule has 0 radical (unpaired) electrons. The van der Waals surface area contributed by atoms with E-state index in [1.54, 1.807) is 6.07 Å². The lowest BCUT2D eigenvalue weighted by molar-refractivity contribution is -0.384. The first-order valence-corrected chi connectivity index (χ1v) is 7.02. The standard InChI is InChI=1S/C14H20N4O3/c1-16-14(19)11-2-3-12(18(20)21)13(8-11)17-6-4-10(9-15)5-7-17/h2-3,8,10H,4-7,9,15H2,1H3,(H,16,19). The smallest absolute Gasteiger partial charge is 0.292 e. The number of amides is 1. The van der Waals surface area contributed by atoms with Crippen molar-refractivity contribution in [3.63, 3.8) is 0 Å². The van der Waals surface area contributed by atoms with Crippen LogP contribution in [0.2, 0.25) is 0 Å². The fourth-order valence-electron chi connectivity index (χ4n) is 2.63. The maximum atomic E-state index is 11.7. The fourth-order valence-corrected chi connectivity index (χ4v) is 2.63. The van der Waals surface area contributed by atoms with E-state index in [-0.39, 0.29) is 11.6 Å². The van der Waals surface area contributed by atoms with Crippen LogP contribution in [0.25, 0.3) is 0 Å². The van der Waals surface area contributed by atoms with Crippen LogP contribution in [0.15, 0.2) is 18.2 Å². The lowest BCUT2D eigenvalue weighted by Gasteiger charge is -2.32. The van der Waals surface area contributed by atoms with Gasteiger partial charge in [-0.1, -0.05) is 0 Å². The summed E-state index contributed by atoms with van der Waals surface area (Å²) >= 11 is 0. The molecule has 0 atom stereocenters. The highest BCUT2D eigenvalue weighted by molar-refractivity contribution is 5.95. The number of nitrogens with two attached hydrogens (primary N) is 1. The van der Waals surface area contributed by atoms with Crippen LogP contribution in [0.3, 0.4) is 0 Å². The van der Waals surface area contributed by atoms with Crippen LogP contribution in [0.4, 0.5) is 11.4 Å². The fraction of sp³-hybridized carbons (Fsp3) is 0.500. The van der Waals surface area contributed by atoms with Crippen LogP contribution < -0.4 is 16.0 Å². The Labute approximate surface area is 123 Å².